The molecule has 2 aromatic rings. The second kappa shape index (κ2) is 9.15. The van der Waals surface area contributed by atoms with Crippen molar-refractivity contribution < 1.29 is 9.59 Å². The third-order valence-corrected chi connectivity index (χ3v) is 3.73. The average molecular weight is 376 g/mol. The van der Waals surface area contributed by atoms with Gasteiger partial charge in [0.2, 0.25) is 0 Å². The van der Waals surface area contributed by atoms with Crippen LogP contribution in [0.15, 0.2) is 48.5 Å². The van der Waals surface area contributed by atoms with Gasteiger partial charge in [-0.2, -0.15) is 0 Å². The molecule has 0 bridgehead atoms. The van der Waals surface area contributed by atoms with Gasteiger partial charge in [-0.05, 0) is 67.2 Å². The first-order valence-electron chi connectivity index (χ1n) is 7.75. The molecule has 0 atom stereocenters. The standard InChI is InChI=1S/C18H18ClN3O2S/c1-2-11-20-16(23)12-5-9-15(10-6-12)21-18(25)22-17(24)13-3-7-14(19)8-4-13/h3-10H,2,11H2,1H3,(H,20,23)(H2,21,22,24,25). The molecule has 0 heterocycles. The maximum atomic E-state index is 12.1. The summed E-state index contributed by atoms with van der Waals surface area (Å²) in [5, 5.41) is 9.02. The smallest absolute Gasteiger partial charge is 0.257 e. The predicted octanol–water partition coefficient (Wildman–Crippen LogP) is 3.61. The van der Waals surface area contributed by atoms with E-state index in [9.17, 15) is 9.59 Å². The number of thiocarbonyl (C=S) groups is 1. The largest absolute Gasteiger partial charge is 0.352 e. The Balaban J connectivity index is 1.90. The van der Waals surface area contributed by atoms with Crippen LogP contribution in [0.4, 0.5) is 5.69 Å². The van der Waals surface area contributed by atoms with Gasteiger partial charge < -0.3 is 10.6 Å². The minimum absolute atomic E-state index is 0.119. The molecule has 130 valence electrons. The first kappa shape index (κ1) is 18.9. The quantitative estimate of drug-likeness (QED) is 0.698. The van der Waals surface area contributed by atoms with Gasteiger partial charge in [0.1, 0.15) is 0 Å². The van der Waals surface area contributed by atoms with Crippen molar-refractivity contribution in [1.29, 1.82) is 0 Å². The molecule has 0 aliphatic heterocycles. The zero-order chi connectivity index (χ0) is 18.2. The fourth-order valence-corrected chi connectivity index (χ4v) is 2.32. The number of rotatable bonds is 5. The van der Waals surface area contributed by atoms with Crippen LogP contribution in [0.1, 0.15) is 34.1 Å². The van der Waals surface area contributed by atoms with Crippen LogP contribution in [-0.2, 0) is 0 Å². The lowest BCUT2D eigenvalue weighted by Gasteiger charge is -2.10. The third kappa shape index (κ3) is 5.85. The van der Waals surface area contributed by atoms with E-state index in [1.807, 2.05) is 6.92 Å². The molecule has 2 rings (SSSR count). The van der Waals surface area contributed by atoms with Gasteiger partial charge in [-0.3, -0.25) is 14.9 Å². The minimum Gasteiger partial charge on any atom is -0.352 e. The zero-order valence-electron chi connectivity index (χ0n) is 13.6. The summed E-state index contributed by atoms with van der Waals surface area (Å²) >= 11 is 10.9. The second-order valence-electron chi connectivity index (χ2n) is 5.25. The van der Waals surface area contributed by atoms with Gasteiger partial charge in [-0.1, -0.05) is 18.5 Å². The summed E-state index contributed by atoms with van der Waals surface area (Å²) in [6, 6.07) is 13.3. The van der Waals surface area contributed by atoms with Crippen molar-refractivity contribution in [2.75, 3.05) is 11.9 Å². The fourth-order valence-electron chi connectivity index (χ4n) is 1.98. The van der Waals surface area contributed by atoms with Crippen LogP contribution in [0, 0.1) is 0 Å². The number of hydrogen-bond acceptors (Lipinski definition) is 3. The first-order valence-corrected chi connectivity index (χ1v) is 8.54. The SMILES string of the molecule is CCCNC(=O)c1ccc(NC(=S)NC(=O)c2ccc(Cl)cc2)cc1. The van der Waals surface area contributed by atoms with Crippen molar-refractivity contribution in [3.63, 3.8) is 0 Å². The van der Waals surface area contributed by atoms with Crippen LogP contribution in [0.5, 0.6) is 0 Å². The molecule has 0 radical (unpaired) electrons. The molecular formula is C18H18ClN3O2S. The van der Waals surface area contributed by atoms with Crippen molar-refractivity contribution in [2.45, 2.75) is 13.3 Å². The summed E-state index contributed by atoms with van der Waals surface area (Å²) in [5.41, 5.74) is 1.69. The zero-order valence-corrected chi connectivity index (χ0v) is 15.2. The van der Waals surface area contributed by atoms with E-state index in [-0.39, 0.29) is 16.9 Å². The van der Waals surface area contributed by atoms with Crippen LogP contribution in [0.3, 0.4) is 0 Å². The molecule has 0 saturated heterocycles. The molecule has 7 heteroatoms. The molecule has 3 N–H and O–H groups in total. The lowest BCUT2D eigenvalue weighted by atomic mass is 10.2. The normalized spacial score (nSPS) is 10.0. The molecular weight excluding hydrogens is 358 g/mol. The van der Waals surface area contributed by atoms with E-state index in [2.05, 4.69) is 16.0 Å². The highest BCUT2D eigenvalue weighted by Crippen LogP contribution is 2.11. The summed E-state index contributed by atoms with van der Waals surface area (Å²) in [7, 11) is 0. The number of hydrogen-bond donors (Lipinski definition) is 3. The number of amides is 2. The van der Waals surface area contributed by atoms with Crippen molar-refractivity contribution in [1.82, 2.24) is 10.6 Å². The lowest BCUT2D eigenvalue weighted by Crippen LogP contribution is -2.34. The lowest BCUT2D eigenvalue weighted by molar-refractivity contribution is 0.0951. The van der Waals surface area contributed by atoms with E-state index in [0.29, 0.717) is 28.4 Å². The Kier molecular flexibility index (Phi) is 6.91. The van der Waals surface area contributed by atoms with Crippen LogP contribution in [0.25, 0.3) is 0 Å². The molecule has 0 saturated carbocycles. The van der Waals surface area contributed by atoms with Crippen LogP contribution in [-0.4, -0.2) is 23.5 Å². The molecule has 0 fully saturated rings. The fraction of sp³-hybridized carbons (Fsp3) is 0.167. The van der Waals surface area contributed by atoms with Gasteiger partial charge in [0.15, 0.2) is 5.11 Å². The van der Waals surface area contributed by atoms with Crippen LogP contribution in [0.2, 0.25) is 5.02 Å². The third-order valence-electron chi connectivity index (χ3n) is 3.27. The molecule has 2 aromatic carbocycles. The van der Waals surface area contributed by atoms with Crippen molar-refractivity contribution in [3.05, 3.63) is 64.7 Å². The van der Waals surface area contributed by atoms with Crippen molar-refractivity contribution in [3.8, 4) is 0 Å². The van der Waals surface area contributed by atoms with Gasteiger partial charge in [-0.15, -0.1) is 0 Å². The number of carbonyl (C=O) groups is 2. The molecule has 0 aliphatic carbocycles. The highest BCUT2D eigenvalue weighted by molar-refractivity contribution is 7.80. The molecule has 0 unspecified atom stereocenters. The van der Waals surface area contributed by atoms with E-state index in [4.69, 9.17) is 23.8 Å². The van der Waals surface area contributed by atoms with Crippen LogP contribution >= 0.6 is 23.8 Å². The summed E-state index contributed by atoms with van der Waals surface area (Å²) in [6.45, 7) is 2.63. The number of halogens is 1. The predicted molar refractivity (Wildman–Crippen MR) is 104 cm³/mol. The van der Waals surface area contributed by atoms with E-state index < -0.39 is 0 Å². The topological polar surface area (TPSA) is 70.2 Å². The Labute approximate surface area is 156 Å². The number of nitrogens with one attached hydrogen (secondary N) is 3. The number of carbonyl (C=O) groups excluding carboxylic acids is 2. The van der Waals surface area contributed by atoms with E-state index in [1.165, 1.54) is 0 Å². The summed E-state index contributed by atoms with van der Waals surface area (Å²) in [5.74, 6) is -0.447. The molecule has 0 aromatic heterocycles. The van der Waals surface area contributed by atoms with Crippen molar-refractivity contribution in [2.24, 2.45) is 0 Å². The number of anilines is 1. The van der Waals surface area contributed by atoms with Gasteiger partial charge in [0, 0.05) is 28.4 Å². The molecule has 5 nitrogen and oxygen atoms in total. The summed E-state index contributed by atoms with van der Waals surface area (Å²) < 4.78 is 0. The van der Waals surface area contributed by atoms with Gasteiger partial charge >= 0.3 is 0 Å². The average Bonchev–Trinajstić information content (AvgIpc) is 2.60. The van der Waals surface area contributed by atoms with Gasteiger partial charge in [0.25, 0.3) is 11.8 Å². The second-order valence-corrected chi connectivity index (χ2v) is 6.09. The van der Waals surface area contributed by atoms with Crippen LogP contribution < -0.4 is 16.0 Å². The maximum absolute atomic E-state index is 12.1. The maximum Gasteiger partial charge on any atom is 0.257 e. The molecule has 0 aliphatic rings. The molecule has 2 amide bonds. The molecule has 25 heavy (non-hydrogen) atoms. The Morgan fingerprint density at radius 2 is 1.52 bits per heavy atom. The Bertz CT molecular complexity index is 761. The Morgan fingerprint density at radius 3 is 2.12 bits per heavy atom. The van der Waals surface area contributed by atoms with Gasteiger partial charge in [-0.25, -0.2) is 0 Å². The Hall–Kier alpha value is -2.44. The first-order chi connectivity index (χ1) is 12.0. The summed E-state index contributed by atoms with van der Waals surface area (Å²) in [4.78, 5) is 23.9. The van der Waals surface area contributed by atoms with Crippen molar-refractivity contribution >= 4 is 46.4 Å². The van der Waals surface area contributed by atoms with Gasteiger partial charge in [0.05, 0.1) is 0 Å². The highest BCUT2D eigenvalue weighted by Gasteiger charge is 2.09. The van der Waals surface area contributed by atoms with E-state index >= 15 is 0 Å². The number of benzene rings is 2. The highest BCUT2D eigenvalue weighted by atomic mass is 35.5. The van der Waals surface area contributed by atoms with E-state index in [0.717, 1.165) is 6.42 Å². The Morgan fingerprint density at radius 1 is 0.960 bits per heavy atom. The monoisotopic (exact) mass is 375 g/mol. The summed E-state index contributed by atoms with van der Waals surface area (Å²) in [6.07, 6.45) is 0.882. The molecule has 0 spiro atoms. The van der Waals surface area contributed by atoms with E-state index in [1.54, 1.807) is 48.5 Å². The minimum atomic E-state index is -0.329.